The number of para-hydroxylation sites is 1. The molecule has 0 saturated carbocycles. The fourth-order valence-corrected chi connectivity index (χ4v) is 3.64. The average Bonchev–Trinajstić information content (AvgIpc) is 2.68. The van der Waals surface area contributed by atoms with Crippen LogP contribution in [0.15, 0.2) is 48.5 Å². The highest BCUT2D eigenvalue weighted by molar-refractivity contribution is 6.02. The van der Waals surface area contributed by atoms with Crippen molar-refractivity contribution in [3.05, 3.63) is 59.7 Å². The molecule has 0 radical (unpaired) electrons. The summed E-state index contributed by atoms with van der Waals surface area (Å²) in [6.45, 7) is 1.15. The van der Waals surface area contributed by atoms with Crippen LogP contribution in [-0.4, -0.2) is 42.6 Å². The highest BCUT2D eigenvalue weighted by atomic mass is 16.5. The zero-order valence-electron chi connectivity index (χ0n) is 14.6. The number of fused-ring (bicyclic) bond motifs is 1. The first kappa shape index (κ1) is 16.4. The number of carbonyl (C=O) groups excluding carboxylic acids is 2. The van der Waals surface area contributed by atoms with Crippen LogP contribution in [0.5, 0.6) is 5.75 Å². The van der Waals surface area contributed by atoms with Crippen LogP contribution in [0.4, 0.5) is 5.69 Å². The van der Waals surface area contributed by atoms with Crippen molar-refractivity contribution in [2.24, 2.45) is 0 Å². The molecule has 2 heterocycles. The number of carbonyl (C=O) groups is 2. The van der Waals surface area contributed by atoms with Crippen LogP contribution >= 0.6 is 0 Å². The molecule has 2 aliphatic rings. The molecule has 134 valence electrons. The summed E-state index contributed by atoms with van der Waals surface area (Å²) in [6.07, 6.45) is 1.31. The Hall–Kier alpha value is -3.02. The number of methoxy groups -OCH3 is 1. The van der Waals surface area contributed by atoms with Crippen molar-refractivity contribution >= 4 is 17.5 Å². The lowest BCUT2D eigenvalue weighted by Crippen LogP contribution is -2.62. The number of hydrogen-bond donors (Lipinski definition) is 2. The molecule has 6 heteroatoms. The molecule has 0 atom stereocenters. The molecule has 2 N–H and O–H groups in total. The number of nitrogens with zero attached hydrogens (tertiary/aromatic N) is 1. The quantitative estimate of drug-likeness (QED) is 0.872. The summed E-state index contributed by atoms with van der Waals surface area (Å²) in [5.41, 5.74) is 1.64. The minimum absolute atomic E-state index is 0.0127. The third-order valence-corrected chi connectivity index (χ3v) is 5.12. The summed E-state index contributed by atoms with van der Waals surface area (Å²) in [6, 6.07) is 14.7. The largest absolute Gasteiger partial charge is 0.497 e. The van der Waals surface area contributed by atoms with Gasteiger partial charge in [0, 0.05) is 37.2 Å². The summed E-state index contributed by atoms with van der Waals surface area (Å²) in [5.74, 6) is 0.593. The van der Waals surface area contributed by atoms with Crippen LogP contribution in [0, 0.1) is 0 Å². The van der Waals surface area contributed by atoms with E-state index in [4.69, 9.17) is 4.74 Å². The van der Waals surface area contributed by atoms with E-state index in [1.807, 2.05) is 41.3 Å². The number of anilines is 1. The molecular weight excluding hydrogens is 330 g/mol. The Morgan fingerprint density at radius 1 is 1.08 bits per heavy atom. The fraction of sp³-hybridized carbons (Fsp3) is 0.300. The van der Waals surface area contributed by atoms with Gasteiger partial charge in [-0.3, -0.25) is 9.59 Å². The summed E-state index contributed by atoms with van der Waals surface area (Å²) in [4.78, 5) is 27.0. The highest BCUT2D eigenvalue weighted by Gasteiger charge is 2.40. The summed E-state index contributed by atoms with van der Waals surface area (Å²) >= 11 is 0. The molecule has 1 fully saturated rings. The van der Waals surface area contributed by atoms with Crippen LogP contribution in [-0.2, 0) is 0 Å². The molecule has 0 aromatic heterocycles. The first-order valence-electron chi connectivity index (χ1n) is 8.73. The molecule has 0 unspecified atom stereocenters. The van der Waals surface area contributed by atoms with Crippen molar-refractivity contribution in [3.8, 4) is 5.75 Å². The van der Waals surface area contributed by atoms with Gasteiger partial charge in [0.05, 0.1) is 12.7 Å². The molecule has 2 aliphatic heterocycles. The summed E-state index contributed by atoms with van der Waals surface area (Å²) < 4.78 is 5.20. The number of piperidine rings is 1. The Labute approximate surface area is 152 Å². The Balaban J connectivity index is 1.47. The number of benzene rings is 2. The maximum atomic E-state index is 12.8. The Morgan fingerprint density at radius 2 is 1.85 bits per heavy atom. The van der Waals surface area contributed by atoms with Gasteiger partial charge in [0.1, 0.15) is 11.4 Å². The number of nitrogens with one attached hydrogen (secondary N) is 2. The average molecular weight is 351 g/mol. The van der Waals surface area contributed by atoms with Crippen molar-refractivity contribution in [1.82, 2.24) is 10.2 Å². The Morgan fingerprint density at radius 3 is 2.62 bits per heavy atom. The van der Waals surface area contributed by atoms with Crippen LogP contribution in [0.3, 0.4) is 0 Å². The van der Waals surface area contributed by atoms with E-state index in [0.717, 1.165) is 5.69 Å². The van der Waals surface area contributed by atoms with Gasteiger partial charge in [-0.1, -0.05) is 18.2 Å². The van der Waals surface area contributed by atoms with Gasteiger partial charge in [0.15, 0.2) is 0 Å². The summed E-state index contributed by atoms with van der Waals surface area (Å²) in [5, 5.41) is 6.57. The normalized spacial score (nSPS) is 17.9. The molecule has 4 rings (SSSR count). The van der Waals surface area contributed by atoms with Crippen LogP contribution in [0.1, 0.15) is 33.6 Å². The van der Waals surface area contributed by atoms with E-state index in [2.05, 4.69) is 10.6 Å². The zero-order chi connectivity index (χ0) is 18.1. The lowest BCUT2D eigenvalue weighted by Gasteiger charge is -2.45. The zero-order valence-corrected chi connectivity index (χ0v) is 14.6. The molecule has 0 aliphatic carbocycles. The van der Waals surface area contributed by atoms with Gasteiger partial charge in [-0.15, -0.1) is 0 Å². The van der Waals surface area contributed by atoms with Crippen LogP contribution < -0.4 is 15.4 Å². The third-order valence-electron chi connectivity index (χ3n) is 5.12. The number of amides is 2. The lowest BCUT2D eigenvalue weighted by atomic mass is 9.92. The van der Waals surface area contributed by atoms with Gasteiger partial charge in [-0.05, 0) is 30.3 Å². The maximum Gasteiger partial charge on any atom is 0.255 e. The molecule has 0 bridgehead atoms. The van der Waals surface area contributed by atoms with E-state index in [-0.39, 0.29) is 11.8 Å². The fourth-order valence-electron chi connectivity index (χ4n) is 3.64. The van der Waals surface area contributed by atoms with E-state index in [9.17, 15) is 9.59 Å². The van der Waals surface area contributed by atoms with Crippen molar-refractivity contribution in [2.75, 3.05) is 25.5 Å². The van der Waals surface area contributed by atoms with E-state index in [1.54, 1.807) is 19.2 Å². The lowest BCUT2D eigenvalue weighted by molar-refractivity contribution is 0.0639. The van der Waals surface area contributed by atoms with Gasteiger partial charge in [0.2, 0.25) is 0 Å². The highest BCUT2D eigenvalue weighted by Crippen LogP contribution is 2.31. The van der Waals surface area contributed by atoms with Crippen molar-refractivity contribution < 1.29 is 14.3 Å². The predicted molar refractivity (Wildman–Crippen MR) is 98.4 cm³/mol. The molecular formula is C20H21N3O3. The standard InChI is InChI=1S/C20H21N3O3/c1-26-15-6-4-5-14(13-15)19(25)23-11-9-20(10-12-23)21-17-8-3-2-7-16(17)18(24)22-20/h2-8,13,21H,9-12H2,1H3,(H,22,24). The topological polar surface area (TPSA) is 70.7 Å². The monoisotopic (exact) mass is 351 g/mol. The number of rotatable bonds is 2. The number of hydrogen-bond acceptors (Lipinski definition) is 4. The summed E-state index contributed by atoms with van der Waals surface area (Å²) in [7, 11) is 1.59. The van der Waals surface area contributed by atoms with Gasteiger partial charge in [0.25, 0.3) is 11.8 Å². The molecule has 1 spiro atoms. The van der Waals surface area contributed by atoms with E-state index >= 15 is 0 Å². The van der Waals surface area contributed by atoms with E-state index < -0.39 is 5.66 Å². The second kappa shape index (κ2) is 6.37. The minimum Gasteiger partial charge on any atom is -0.497 e. The third kappa shape index (κ3) is 2.87. The maximum absolute atomic E-state index is 12.8. The molecule has 2 aromatic carbocycles. The van der Waals surface area contributed by atoms with Crippen molar-refractivity contribution in [1.29, 1.82) is 0 Å². The molecule has 1 saturated heterocycles. The smallest absolute Gasteiger partial charge is 0.255 e. The molecule has 2 amide bonds. The second-order valence-corrected chi connectivity index (χ2v) is 6.73. The molecule has 26 heavy (non-hydrogen) atoms. The first-order chi connectivity index (χ1) is 12.6. The molecule has 2 aromatic rings. The first-order valence-corrected chi connectivity index (χ1v) is 8.73. The van der Waals surface area contributed by atoms with Gasteiger partial charge in [-0.25, -0.2) is 0 Å². The van der Waals surface area contributed by atoms with E-state index in [0.29, 0.717) is 42.8 Å². The Kier molecular flexibility index (Phi) is 4.03. The number of ether oxygens (including phenoxy) is 1. The van der Waals surface area contributed by atoms with Crippen molar-refractivity contribution in [2.45, 2.75) is 18.5 Å². The van der Waals surface area contributed by atoms with Crippen LogP contribution in [0.25, 0.3) is 0 Å². The van der Waals surface area contributed by atoms with E-state index in [1.165, 1.54) is 0 Å². The minimum atomic E-state index is -0.489. The predicted octanol–water partition coefficient (Wildman–Crippen LogP) is 2.48. The van der Waals surface area contributed by atoms with Gasteiger partial charge in [-0.2, -0.15) is 0 Å². The second-order valence-electron chi connectivity index (χ2n) is 6.73. The van der Waals surface area contributed by atoms with Crippen LogP contribution in [0.2, 0.25) is 0 Å². The Bertz CT molecular complexity index is 857. The molecule has 6 nitrogen and oxygen atoms in total. The number of likely N-dealkylation sites (tertiary alicyclic amines) is 1. The van der Waals surface area contributed by atoms with Gasteiger partial charge >= 0.3 is 0 Å². The van der Waals surface area contributed by atoms with Gasteiger partial charge < -0.3 is 20.3 Å². The van der Waals surface area contributed by atoms with Crippen molar-refractivity contribution in [3.63, 3.8) is 0 Å². The SMILES string of the molecule is COc1cccc(C(=O)N2CCC3(CC2)NC(=O)c2ccccc2N3)c1.